The summed E-state index contributed by atoms with van der Waals surface area (Å²) in [6, 6.07) is 10.6. The molecule has 0 saturated carbocycles. The number of rotatable bonds is 5. The summed E-state index contributed by atoms with van der Waals surface area (Å²) in [4.78, 5) is 18.2. The highest BCUT2D eigenvalue weighted by Crippen LogP contribution is 2.17. The number of aromatic nitrogens is 2. The maximum Gasteiger partial charge on any atom is 0.225 e. The molecule has 1 aromatic carbocycles. The fraction of sp³-hybridized carbons (Fsp3) is 0.476. The van der Waals surface area contributed by atoms with Gasteiger partial charge in [-0.05, 0) is 25.5 Å². The Bertz CT molecular complexity index is 737. The van der Waals surface area contributed by atoms with E-state index >= 15 is 0 Å². The third-order valence-electron chi connectivity index (χ3n) is 4.88. The molecule has 3 rings (SSSR count). The van der Waals surface area contributed by atoms with Gasteiger partial charge in [-0.15, -0.1) is 0 Å². The number of aliphatic imine (C=N–C) groups is 1. The fourth-order valence-corrected chi connectivity index (χ4v) is 3.30. The number of nitrogens with one attached hydrogen (secondary N) is 1. The Labute approximate surface area is 162 Å². The predicted octanol–water partition coefficient (Wildman–Crippen LogP) is 2.68. The van der Waals surface area contributed by atoms with Gasteiger partial charge in [0.25, 0.3) is 0 Å². The molecular formula is C21H30N6. The van der Waals surface area contributed by atoms with Crippen LogP contribution in [-0.2, 0) is 0 Å². The van der Waals surface area contributed by atoms with E-state index in [1.54, 1.807) is 12.4 Å². The highest BCUT2D eigenvalue weighted by atomic mass is 15.4. The first-order valence-corrected chi connectivity index (χ1v) is 9.79. The molecule has 6 heteroatoms. The van der Waals surface area contributed by atoms with E-state index in [2.05, 4.69) is 70.1 Å². The molecule has 1 atom stereocenters. The van der Waals surface area contributed by atoms with Crippen LogP contribution in [0.4, 0.5) is 5.95 Å². The summed E-state index contributed by atoms with van der Waals surface area (Å²) in [6.45, 7) is 11.8. The molecule has 1 aromatic heterocycles. The maximum atomic E-state index is 4.92. The van der Waals surface area contributed by atoms with E-state index in [0.29, 0.717) is 5.92 Å². The maximum absolute atomic E-state index is 4.92. The second-order valence-corrected chi connectivity index (χ2v) is 7.03. The summed E-state index contributed by atoms with van der Waals surface area (Å²) in [5.74, 6) is 2.22. The molecule has 144 valence electrons. The number of piperazine rings is 1. The topological polar surface area (TPSA) is 56.7 Å². The van der Waals surface area contributed by atoms with Crippen LogP contribution < -0.4 is 10.2 Å². The minimum Gasteiger partial charge on any atom is -0.357 e. The largest absolute Gasteiger partial charge is 0.357 e. The van der Waals surface area contributed by atoms with Gasteiger partial charge in [0.05, 0.1) is 0 Å². The van der Waals surface area contributed by atoms with Crippen LogP contribution in [0, 0.1) is 6.92 Å². The lowest BCUT2D eigenvalue weighted by Gasteiger charge is -2.36. The minimum atomic E-state index is 0.401. The smallest absolute Gasteiger partial charge is 0.225 e. The van der Waals surface area contributed by atoms with Gasteiger partial charge in [-0.25, -0.2) is 9.97 Å². The molecular weight excluding hydrogens is 336 g/mol. The lowest BCUT2D eigenvalue weighted by Crippen LogP contribution is -2.53. The molecule has 1 aliphatic heterocycles. The minimum absolute atomic E-state index is 0.401. The van der Waals surface area contributed by atoms with Crippen molar-refractivity contribution in [2.24, 2.45) is 4.99 Å². The Kier molecular flexibility index (Phi) is 6.63. The van der Waals surface area contributed by atoms with Crippen LogP contribution in [0.3, 0.4) is 0 Å². The van der Waals surface area contributed by atoms with Crippen molar-refractivity contribution in [2.45, 2.75) is 26.7 Å². The zero-order valence-corrected chi connectivity index (χ0v) is 16.6. The normalized spacial score (nSPS) is 16.3. The summed E-state index contributed by atoms with van der Waals surface area (Å²) < 4.78 is 0. The van der Waals surface area contributed by atoms with Crippen molar-refractivity contribution in [1.29, 1.82) is 0 Å². The van der Waals surface area contributed by atoms with Crippen molar-refractivity contribution in [3.05, 3.63) is 53.9 Å². The third kappa shape index (κ3) is 5.18. The van der Waals surface area contributed by atoms with Crippen molar-refractivity contribution < 1.29 is 0 Å². The van der Waals surface area contributed by atoms with Crippen LogP contribution in [0.5, 0.6) is 0 Å². The molecule has 2 heterocycles. The Morgan fingerprint density at radius 2 is 1.89 bits per heavy atom. The number of aryl methyl sites for hydroxylation is 1. The summed E-state index contributed by atoms with van der Waals surface area (Å²) in [6.07, 6.45) is 3.60. The number of hydrogen-bond donors (Lipinski definition) is 1. The fourth-order valence-electron chi connectivity index (χ4n) is 3.30. The number of hydrogen-bond acceptors (Lipinski definition) is 4. The van der Waals surface area contributed by atoms with Crippen LogP contribution in [0.25, 0.3) is 0 Å². The Balaban J connectivity index is 1.61. The third-order valence-corrected chi connectivity index (χ3v) is 4.88. The second kappa shape index (κ2) is 9.35. The molecule has 0 bridgehead atoms. The van der Waals surface area contributed by atoms with Gasteiger partial charge in [-0.1, -0.05) is 36.8 Å². The molecule has 1 aliphatic rings. The van der Waals surface area contributed by atoms with Gasteiger partial charge in [-0.3, -0.25) is 4.99 Å². The van der Waals surface area contributed by atoms with Crippen molar-refractivity contribution in [3.8, 4) is 0 Å². The van der Waals surface area contributed by atoms with Gasteiger partial charge in [0.15, 0.2) is 5.96 Å². The van der Waals surface area contributed by atoms with E-state index in [0.717, 1.165) is 51.2 Å². The first-order valence-electron chi connectivity index (χ1n) is 9.79. The van der Waals surface area contributed by atoms with E-state index in [-0.39, 0.29) is 0 Å². The van der Waals surface area contributed by atoms with Crippen molar-refractivity contribution in [3.63, 3.8) is 0 Å². The highest BCUT2D eigenvalue weighted by Gasteiger charge is 2.21. The Hall–Kier alpha value is -2.63. The van der Waals surface area contributed by atoms with Crippen LogP contribution in [0.15, 0.2) is 47.7 Å². The molecule has 0 amide bonds. The SMILES string of the molecule is CCNC(=NCC(C)c1cccc(C)c1)N1CCN(c2ncccn2)CC1. The van der Waals surface area contributed by atoms with Crippen molar-refractivity contribution >= 4 is 11.9 Å². The monoisotopic (exact) mass is 366 g/mol. The molecule has 2 aromatic rings. The molecule has 6 nitrogen and oxygen atoms in total. The van der Waals surface area contributed by atoms with Crippen molar-refractivity contribution in [2.75, 3.05) is 44.2 Å². The average molecular weight is 367 g/mol. The lowest BCUT2D eigenvalue weighted by molar-refractivity contribution is 0.370. The standard InChI is InChI=1S/C21H30N6/c1-4-22-20(25-16-18(3)19-8-5-7-17(2)15-19)26-11-13-27(14-12-26)21-23-9-6-10-24-21/h5-10,15,18H,4,11-14,16H2,1-3H3,(H,22,25). The molecule has 1 fully saturated rings. The van der Waals surface area contributed by atoms with Gasteiger partial charge >= 0.3 is 0 Å². The second-order valence-electron chi connectivity index (χ2n) is 7.03. The highest BCUT2D eigenvalue weighted by molar-refractivity contribution is 5.80. The molecule has 0 spiro atoms. The molecule has 0 aliphatic carbocycles. The Morgan fingerprint density at radius 3 is 2.56 bits per heavy atom. The summed E-state index contributed by atoms with van der Waals surface area (Å²) >= 11 is 0. The van der Waals surface area contributed by atoms with Crippen LogP contribution in [-0.4, -0.2) is 60.1 Å². The number of nitrogens with zero attached hydrogens (tertiary/aromatic N) is 5. The van der Waals surface area contributed by atoms with E-state index in [1.807, 2.05) is 6.07 Å². The van der Waals surface area contributed by atoms with E-state index in [4.69, 9.17) is 4.99 Å². The van der Waals surface area contributed by atoms with Gasteiger partial charge in [-0.2, -0.15) is 0 Å². The van der Waals surface area contributed by atoms with E-state index in [1.165, 1.54) is 11.1 Å². The molecule has 1 saturated heterocycles. The van der Waals surface area contributed by atoms with Gasteiger partial charge < -0.3 is 15.1 Å². The van der Waals surface area contributed by atoms with Gasteiger partial charge in [0.1, 0.15) is 0 Å². The lowest BCUT2D eigenvalue weighted by atomic mass is 10.00. The molecule has 0 radical (unpaired) electrons. The first-order chi connectivity index (χ1) is 13.2. The number of benzene rings is 1. The molecule has 27 heavy (non-hydrogen) atoms. The average Bonchev–Trinajstić information content (AvgIpc) is 2.72. The summed E-state index contributed by atoms with van der Waals surface area (Å²) in [7, 11) is 0. The quantitative estimate of drug-likeness (QED) is 0.651. The predicted molar refractivity (Wildman–Crippen MR) is 111 cm³/mol. The van der Waals surface area contributed by atoms with Crippen LogP contribution >= 0.6 is 0 Å². The zero-order chi connectivity index (χ0) is 19.1. The summed E-state index contributed by atoms with van der Waals surface area (Å²) in [5, 5.41) is 3.45. The first kappa shape index (κ1) is 19.1. The zero-order valence-electron chi connectivity index (χ0n) is 16.6. The van der Waals surface area contributed by atoms with Crippen LogP contribution in [0.2, 0.25) is 0 Å². The van der Waals surface area contributed by atoms with E-state index in [9.17, 15) is 0 Å². The van der Waals surface area contributed by atoms with Gasteiger partial charge in [0, 0.05) is 57.6 Å². The summed E-state index contributed by atoms with van der Waals surface area (Å²) in [5.41, 5.74) is 2.65. The number of guanidine groups is 1. The van der Waals surface area contributed by atoms with Gasteiger partial charge in [0.2, 0.25) is 5.95 Å². The molecule has 1 N–H and O–H groups in total. The molecule has 1 unspecified atom stereocenters. The van der Waals surface area contributed by atoms with Crippen molar-refractivity contribution in [1.82, 2.24) is 20.2 Å². The Morgan fingerprint density at radius 1 is 1.15 bits per heavy atom. The van der Waals surface area contributed by atoms with E-state index < -0.39 is 0 Å². The number of anilines is 1. The van der Waals surface area contributed by atoms with Crippen LogP contribution in [0.1, 0.15) is 30.9 Å².